The fourth-order valence-electron chi connectivity index (χ4n) is 2.83. The molecular weight excluding hydrogens is 345 g/mol. The fraction of sp³-hybridized carbons (Fsp3) is 0.364. The van der Waals surface area contributed by atoms with E-state index >= 15 is 0 Å². The van der Waals surface area contributed by atoms with Crippen molar-refractivity contribution >= 4 is 11.9 Å². The molecule has 2 aromatic carbocycles. The lowest BCUT2D eigenvalue weighted by Crippen LogP contribution is -2.37. The van der Waals surface area contributed by atoms with Crippen LogP contribution in [0, 0.1) is 11.7 Å². The number of carbonyl (C=O) groups is 2. The highest BCUT2D eigenvalue weighted by molar-refractivity contribution is 5.85. The van der Waals surface area contributed by atoms with E-state index in [1.165, 1.54) is 12.1 Å². The summed E-state index contributed by atoms with van der Waals surface area (Å²) in [6, 6.07) is 15.3. The van der Waals surface area contributed by atoms with Gasteiger partial charge < -0.3 is 10.1 Å². The maximum atomic E-state index is 12.9. The van der Waals surface area contributed by atoms with E-state index in [0.717, 1.165) is 17.5 Å². The molecule has 0 aliphatic heterocycles. The number of hydrogen-bond donors (Lipinski definition) is 1. The molecule has 2 rings (SSSR count). The molecule has 1 amide bonds. The number of amides is 1. The third-order valence-electron chi connectivity index (χ3n) is 4.67. The van der Waals surface area contributed by atoms with Crippen LogP contribution in [0.2, 0.25) is 0 Å². The summed E-state index contributed by atoms with van der Waals surface area (Å²) in [4.78, 5) is 25.0. The molecule has 0 unspecified atom stereocenters. The minimum atomic E-state index is -0.909. The normalized spacial score (nSPS) is 14.1. The number of ether oxygens (including phenoxy) is 1. The number of carbonyl (C=O) groups excluding carboxylic acids is 2. The molecule has 144 valence electrons. The van der Waals surface area contributed by atoms with Gasteiger partial charge in [0.1, 0.15) is 5.82 Å². The number of hydrogen-bond acceptors (Lipinski definition) is 3. The third kappa shape index (κ3) is 5.91. The number of esters is 1. The first-order chi connectivity index (χ1) is 12.9. The van der Waals surface area contributed by atoms with Crippen molar-refractivity contribution in [2.45, 2.75) is 45.8 Å². The molecule has 0 aromatic heterocycles. The zero-order chi connectivity index (χ0) is 19.8. The van der Waals surface area contributed by atoms with Gasteiger partial charge in [-0.1, -0.05) is 62.7 Å². The Morgan fingerprint density at radius 1 is 1.04 bits per heavy atom. The van der Waals surface area contributed by atoms with E-state index in [2.05, 4.69) is 5.32 Å². The fourth-order valence-corrected chi connectivity index (χ4v) is 2.83. The molecule has 0 fully saturated rings. The first kappa shape index (κ1) is 20.6. The van der Waals surface area contributed by atoms with Gasteiger partial charge in [0.2, 0.25) is 0 Å². The zero-order valence-corrected chi connectivity index (χ0v) is 15.9. The number of halogens is 1. The van der Waals surface area contributed by atoms with Crippen LogP contribution in [0.25, 0.3) is 0 Å². The van der Waals surface area contributed by atoms with Crippen LogP contribution < -0.4 is 5.32 Å². The average molecular weight is 371 g/mol. The van der Waals surface area contributed by atoms with Crippen LogP contribution in [0.15, 0.2) is 54.6 Å². The summed E-state index contributed by atoms with van der Waals surface area (Å²) < 4.78 is 18.4. The maximum Gasteiger partial charge on any atom is 0.314 e. The van der Waals surface area contributed by atoms with Crippen molar-refractivity contribution in [3.05, 3.63) is 71.5 Å². The number of rotatable bonds is 8. The van der Waals surface area contributed by atoms with Crippen molar-refractivity contribution in [3.8, 4) is 0 Å². The SMILES string of the molecule is CC[C@H](C)[C@@H](C(=O)O[C@@H](C)C(=O)NCc1ccc(F)cc1)c1ccccc1. The molecule has 0 spiro atoms. The Morgan fingerprint density at radius 2 is 1.67 bits per heavy atom. The summed E-state index contributed by atoms with van der Waals surface area (Å²) in [7, 11) is 0. The molecule has 27 heavy (non-hydrogen) atoms. The van der Waals surface area contributed by atoms with Gasteiger partial charge in [0, 0.05) is 6.54 Å². The molecule has 0 saturated heterocycles. The van der Waals surface area contributed by atoms with Gasteiger partial charge in [0.15, 0.2) is 6.10 Å². The van der Waals surface area contributed by atoms with Gasteiger partial charge in [0.05, 0.1) is 5.92 Å². The van der Waals surface area contributed by atoms with Crippen LogP contribution in [0.3, 0.4) is 0 Å². The molecule has 0 heterocycles. The van der Waals surface area contributed by atoms with Crippen molar-refractivity contribution < 1.29 is 18.7 Å². The summed E-state index contributed by atoms with van der Waals surface area (Å²) in [6.45, 7) is 5.82. The van der Waals surface area contributed by atoms with E-state index in [-0.39, 0.29) is 24.2 Å². The van der Waals surface area contributed by atoms with Gasteiger partial charge in [-0.2, -0.15) is 0 Å². The Morgan fingerprint density at radius 3 is 2.26 bits per heavy atom. The summed E-state index contributed by atoms with van der Waals surface area (Å²) in [6.07, 6.45) is -0.0898. The summed E-state index contributed by atoms with van der Waals surface area (Å²) >= 11 is 0. The molecule has 5 heteroatoms. The molecular formula is C22H26FNO3. The van der Waals surface area contributed by atoms with E-state index in [4.69, 9.17) is 4.74 Å². The Bertz CT molecular complexity index is 746. The highest BCUT2D eigenvalue weighted by atomic mass is 19.1. The van der Waals surface area contributed by atoms with Crippen molar-refractivity contribution in [1.82, 2.24) is 5.32 Å². The quantitative estimate of drug-likeness (QED) is 0.708. The lowest BCUT2D eigenvalue weighted by Gasteiger charge is -2.23. The van der Waals surface area contributed by atoms with Crippen LogP contribution in [-0.4, -0.2) is 18.0 Å². The summed E-state index contributed by atoms with van der Waals surface area (Å²) in [5, 5.41) is 2.71. The molecule has 4 nitrogen and oxygen atoms in total. The second-order valence-electron chi connectivity index (χ2n) is 6.70. The second-order valence-corrected chi connectivity index (χ2v) is 6.70. The predicted octanol–water partition coefficient (Wildman–Crippen LogP) is 4.20. The molecule has 0 aliphatic carbocycles. The van der Waals surface area contributed by atoms with E-state index in [1.807, 2.05) is 44.2 Å². The van der Waals surface area contributed by atoms with Crippen molar-refractivity contribution in [2.75, 3.05) is 0 Å². The largest absolute Gasteiger partial charge is 0.452 e. The lowest BCUT2D eigenvalue weighted by molar-refractivity contribution is -0.157. The van der Waals surface area contributed by atoms with E-state index < -0.39 is 18.0 Å². The van der Waals surface area contributed by atoms with Gasteiger partial charge in [-0.05, 0) is 36.1 Å². The third-order valence-corrected chi connectivity index (χ3v) is 4.67. The summed E-state index contributed by atoms with van der Waals surface area (Å²) in [5.41, 5.74) is 1.65. The minimum Gasteiger partial charge on any atom is -0.452 e. The van der Waals surface area contributed by atoms with Gasteiger partial charge >= 0.3 is 5.97 Å². The summed E-state index contributed by atoms with van der Waals surface area (Å²) in [5.74, 6) is -1.44. The van der Waals surface area contributed by atoms with Gasteiger partial charge in [-0.15, -0.1) is 0 Å². The molecule has 3 atom stereocenters. The van der Waals surface area contributed by atoms with E-state index in [9.17, 15) is 14.0 Å². The topological polar surface area (TPSA) is 55.4 Å². The monoisotopic (exact) mass is 371 g/mol. The smallest absolute Gasteiger partial charge is 0.314 e. The highest BCUT2D eigenvalue weighted by Crippen LogP contribution is 2.28. The Hall–Kier alpha value is -2.69. The standard InChI is InChI=1S/C22H26FNO3/c1-4-15(2)20(18-8-6-5-7-9-18)22(26)27-16(3)21(25)24-14-17-10-12-19(23)13-11-17/h5-13,15-16,20H,4,14H2,1-3H3,(H,24,25)/t15-,16-,20+/m0/s1. The molecule has 0 radical (unpaired) electrons. The highest BCUT2D eigenvalue weighted by Gasteiger charge is 2.30. The Kier molecular flexibility index (Phi) is 7.53. The lowest BCUT2D eigenvalue weighted by atomic mass is 9.85. The number of nitrogens with one attached hydrogen (secondary N) is 1. The Labute approximate surface area is 159 Å². The predicted molar refractivity (Wildman–Crippen MR) is 102 cm³/mol. The molecule has 0 saturated carbocycles. The molecule has 2 aromatic rings. The van der Waals surface area contributed by atoms with E-state index in [1.54, 1.807) is 19.1 Å². The van der Waals surface area contributed by atoms with Gasteiger partial charge in [0.25, 0.3) is 5.91 Å². The number of benzene rings is 2. The van der Waals surface area contributed by atoms with Crippen LogP contribution >= 0.6 is 0 Å². The van der Waals surface area contributed by atoms with Crippen LogP contribution in [0.4, 0.5) is 4.39 Å². The molecule has 1 N–H and O–H groups in total. The van der Waals surface area contributed by atoms with Crippen molar-refractivity contribution in [2.24, 2.45) is 5.92 Å². The minimum absolute atomic E-state index is 0.0920. The molecule has 0 aliphatic rings. The zero-order valence-electron chi connectivity index (χ0n) is 15.9. The molecule has 0 bridgehead atoms. The first-order valence-corrected chi connectivity index (χ1v) is 9.20. The maximum absolute atomic E-state index is 12.9. The van der Waals surface area contributed by atoms with Crippen LogP contribution in [0.5, 0.6) is 0 Å². The second kappa shape index (κ2) is 9.86. The van der Waals surface area contributed by atoms with Crippen LogP contribution in [0.1, 0.15) is 44.2 Å². The van der Waals surface area contributed by atoms with E-state index in [0.29, 0.717) is 0 Å². The average Bonchev–Trinajstić information content (AvgIpc) is 2.68. The van der Waals surface area contributed by atoms with Crippen molar-refractivity contribution in [1.29, 1.82) is 0 Å². The van der Waals surface area contributed by atoms with Crippen molar-refractivity contribution in [3.63, 3.8) is 0 Å². The first-order valence-electron chi connectivity index (χ1n) is 9.20. The Balaban J connectivity index is 1.97. The van der Waals surface area contributed by atoms with Gasteiger partial charge in [-0.25, -0.2) is 4.39 Å². The van der Waals surface area contributed by atoms with Gasteiger partial charge in [-0.3, -0.25) is 9.59 Å². The van der Waals surface area contributed by atoms with Crippen LogP contribution in [-0.2, 0) is 20.9 Å².